The summed E-state index contributed by atoms with van der Waals surface area (Å²) in [4.78, 5) is 27.0. The minimum Gasteiger partial charge on any atom is -0.481 e. The lowest BCUT2D eigenvalue weighted by molar-refractivity contribution is -0.135. The number of aliphatic carboxylic acids is 3. The number of benzene rings is 4. The smallest absolute Gasteiger partial charge is 0.300 e. The molecule has 3 N–H and O–H groups in total. The van der Waals surface area contributed by atoms with Gasteiger partial charge >= 0.3 is 0 Å². The van der Waals surface area contributed by atoms with E-state index in [4.69, 9.17) is 29.7 Å². The molecule has 6 heteroatoms. The zero-order valence-corrected chi connectivity index (χ0v) is 20.5. The van der Waals surface area contributed by atoms with Crippen LogP contribution in [0.15, 0.2) is 109 Å². The van der Waals surface area contributed by atoms with Gasteiger partial charge in [-0.05, 0) is 33.4 Å². The highest BCUT2D eigenvalue weighted by atomic mass is 16.4. The van der Waals surface area contributed by atoms with Crippen LogP contribution in [0.1, 0.15) is 20.8 Å². The molecule has 0 atom stereocenters. The van der Waals surface area contributed by atoms with Crippen molar-refractivity contribution in [2.45, 2.75) is 20.8 Å². The third kappa shape index (κ3) is 11.4. The molecule has 6 nitrogen and oxygen atoms in total. The molecule has 186 valence electrons. The molecule has 0 spiro atoms. The fraction of sp³-hybridized carbons (Fsp3) is 0.100. The highest BCUT2D eigenvalue weighted by Crippen LogP contribution is 2.39. The largest absolute Gasteiger partial charge is 0.481 e. The van der Waals surface area contributed by atoms with Crippen LogP contribution in [0.5, 0.6) is 0 Å². The summed E-state index contributed by atoms with van der Waals surface area (Å²) in [7, 11) is 0. The Morgan fingerprint density at radius 3 is 0.944 bits per heavy atom. The molecule has 0 aliphatic rings. The Hall–Kier alpha value is -4.71. The Labute approximate surface area is 211 Å². The lowest BCUT2D eigenvalue weighted by atomic mass is 9.88. The molecule has 0 amide bonds. The molecule has 0 radical (unpaired) electrons. The first-order valence-electron chi connectivity index (χ1n) is 11.0. The zero-order valence-electron chi connectivity index (χ0n) is 20.5. The quantitative estimate of drug-likeness (QED) is 0.289. The zero-order chi connectivity index (χ0) is 26.9. The fourth-order valence-electron chi connectivity index (χ4n) is 3.18. The predicted molar refractivity (Wildman–Crippen MR) is 143 cm³/mol. The van der Waals surface area contributed by atoms with Crippen LogP contribution in [-0.2, 0) is 14.4 Å². The molecule has 4 aromatic rings. The van der Waals surface area contributed by atoms with Crippen LogP contribution in [0, 0.1) is 0 Å². The molecule has 4 rings (SSSR count). The first-order chi connectivity index (χ1) is 17.1. The van der Waals surface area contributed by atoms with Gasteiger partial charge in [-0.2, -0.15) is 0 Å². The number of hydrogen-bond acceptors (Lipinski definition) is 3. The van der Waals surface area contributed by atoms with Crippen molar-refractivity contribution in [2.24, 2.45) is 0 Å². The Balaban J connectivity index is 0.000000456. The molecule has 0 unspecified atom stereocenters. The maximum absolute atomic E-state index is 9.00. The Morgan fingerprint density at radius 2 is 0.667 bits per heavy atom. The lowest BCUT2D eigenvalue weighted by Crippen LogP contribution is -1.90. The van der Waals surface area contributed by atoms with Crippen molar-refractivity contribution in [3.63, 3.8) is 0 Å². The summed E-state index contributed by atoms with van der Waals surface area (Å²) in [5.41, 5.74) is 7.56. The van der Waals surface area contributed by atoms with E-state index in [9.17, 15) is 0 Å². The van der Waals surface area contributed by atoms with Crippen molar-refractivity contribution in [2.75, 3.05) is 0 Å². The van der Waals surface area contributed by atoms with Crippen molar-refractivity contribution >= 4 is 17.9 Å². The number of carboxylic acids is 3. The summed E-state index contributed by atoms with van der Waals surface area (Å²) in [6.45, 7) is 3.25. The average molecular weight is 487 g/mol. The third-order valence-corrected chi connectivity index (χ3v) is 4.30. The van der Waals surface area contributed by atoms with Gasteiger partial charge in [0.05, 0.1) is 0 Å². The minimum atomic E-state index is -0.833. The van der Waals surface area contributed by atoms with Gasteiger partial charge in [0.15, 0.2) is 0 Å². The van der Waals surface area contributed by atoms with Crippen molar-refractivity contribution in [1.29, 1.82) is 0 Å². The van der Waals surface area contributed by atoms with Crippen LogP contribution in [0.3, 0.4) is 0 Å². The third-order valence-electron chi connectivity index (χ3n) is 4.30. The van der Waals surface area contributed by atoms with E-state index in [1.54, 1.807) is 0 Å². The fourth-order valence-corrected chi connectivity index (χ4v) is 3.18. The van der Waals surface area contributed by atoms with Gasteiger partial charge in [0, 0.05) is 20.8 Å². The lowest BCUT2D eigenvalue weighted by Gasteiger charge is -2.16. The van der Waals surface area contributed by atoms with Crippen LogP contribution in [0.4, 0.5) is 0 Å². The van der Waals surface area contributed by atoms with Gasteiger partial charge < -0.3 is 15.3 Å². The average Bonchev–Trinajstić information content (AvgIpc) is 2.84. The van der Waals surface area contributed by atoms with E-state index < -0.39 is 17.9 Å². The van der Waals surface area contributed by atoms with Crippen LogP contribution < -0.4 is 0 Å². The predicted octanol–water partition coefficient (Wildman–Crippen LogP) is 6.96. The molecule has 0 fully saturated rings. The van der Waals surface area contributed by atoms with Gasteiger partial charge in [-0.15, -0.1) is 0 Å². The molecule has 0 saturated heterocycles. The maximum Gasteiger partial charge on any atom is 0.300 e. The molecule has 0 heterocycles. The molecule has 36 heavy (non-hydrogen) atoms. The van der Waals surface area contributed by atoms with Crippen molar-refractivity contribution in [3.8, 4) is 33.4 Å². The van der Waals surface area contributed by atoms with E-state index >= 15 is 0 Å². The van der Waals surface area contributed by atoms with E-state index in [0.29, 0.717) is 0 Å². The number of hydrogen-bond donors (Lipinski definition) is 3. The summed E-state index contributed by atoms with van der Waals surface area (Å²) in [6, 6.07) is 38.4. The molecule has 0 aliphatic heterocycles. The van der Waals surface area contributed by atoms with E-state index in [0.717, 1.165) is 20.8 Å². The normalized spacial score (nSPS) is 9.08. The highest BCUT2D eigenvalue weighted by molar-refractivity contribution is 5.94. The summed E-state index contributed by atoms with van der Waals surface area (Å²) >= 11 is 0. The highest BCUT2D eigenvalue weighted by Gasteiger charge is 2.13. The molecule has 4 aromatic carbocycles. The monoisotopic (exact) mass is 486 g/mol. The first kappa shape index (κ1) is 29.3. The molecular formula is C30H30O6. The number of carboxylic acid groups (broad SMARTS) is 3. The Morgan fingerprint density at radius 1 is 0.417 bits per heavy atom. The summed E-state index contributed by atoms with van der Waals surface area (Å²) < 4.78 is 0. The van der Waals surface area contributed by atoms with Crippen molar-refractivity contribution < 1.29 is 29.7 Å². The molecule has 0 aliphatic carbocycles. The molecular weight excluding hydrogens is 456 g/mol. The summed E-state index contributed by atoms with van der Waals surface area (Å²) in [5, 5.41) is 22.2. The standard InChI is InChI=1S/C24H18.3C2H4O2/c1-4-11-19(12-5-1)22-17-10-18-23(20-13-6-2-7-14-20)24(22)21-15-8-3-9-16-21;3*1-2(3)4/h1-18H;3*1H3,(H,3,4). The van der Waals surface area contributed by atoms with Gasteiger partial charge in [-0.3, -0.25) is 14.4 Å². The first-order valence-corrected chi connectivity index (χ1v) is 11.0. The van der Waals surface area contributed by atoms with Crippen LogP contribution in [0.2, 0.25) is 0 Å². The summed E-state index contributed by atoms with van der Waals surface area (Å²) in [6.07, 6.45) is 0. The Bertz CT molecular complexity index is 1120. The topological polar surface area (TPSA) is 112 Å². The van der Waals surface area contributed by atoms with E-state index in [2.05, 4.69) is 109 Å². The van der Waals surface area contributed by atoms with E-state index in [1.807, 2.05) is 0 Å². The van der Waals surface area contributed by atoms with Crippen molar-refractivity contribution in [1.82, 2.24) is 0 Å². The van der Waals surface area contributed by atoms with Crippen LogP contribution >= 0.6 is 0 Å². The molecule has 0 aromatic heterocycles. The maximum atomic E-state index is 9.00. The van der Waals surface area contributed by atoms with Gasteiger partial charge in [-0.25, -0.2) is 0 Å². The molecule has 0 saturated carbocycles. The van der Waals surface area contributed by atoms with Gasteiger partial charge in [0.25, 0.3) is 17.9 Å². The van der Waals surface area contributed by atoms with Gasteiger partial charge in [0.1, 0.15) is 0 Å². The van der Waals surface area contributed by atoms with E-state index in [-0.39, 0.29) is 0 Å². The number of carbonyl (C=O) groups is 3. The second-order valence-corrected chi connectivity index (χ2v) is 7.38. The van der Waals surface area contributed by atoms with Crippen LogP contribution in [-0.4, -0.2) is 33.2 Å². The second kappa shape index (κ2) is 16.0. The van der Waals surface area contributed by atoms with Gasteiger partial charge in [-0.1, -0.05) is 109 Å². The molecule has 0 bridgehead atoms. The van der Waals surface area contributed by atoms with Gasteiger partial charge in [0.2, 0.25) is 0 Å². The van der Waals surface area contributed by atoms with Crippen LogP contribution in [0.25, 0.3) is 33.4 Å². The Kier molecular flexibility index (Phi) is 13.0. The second-order valence-electron chi connectivity index (χ2n) is 7.38. The summed E-state index contributed by atoms with van der Waals surface area (Å²) in [5.74, 6) is -2.50. The van der Waals surface area contributed by atoms with E-state index in [1.165, 1.54) is 33.4 Å². The SMILES string of the molecule is CC(=O)O.CC(=O)O.CC(=O)O.c1ccc(-c2cccc(-c3ccccc3)c2-c2ccccc2)cc1. The number of rotatable bonds is 3. The van der Waals surface area contributed by atoms with Crippen molar-refractivity contribution in [3.05, 3.63) is 109 Å². The minimum absolute atomic E-state index is 0.833.